The van der Waals surface area contributed by atoms with Crippen LogP contribution in [0, 0.1) is 17.0 Å². The zero-order valence-corrected chi connectivity index (χ0v) is 15.1. The van der Waals surface area contributed by atoms with E-state index >= 15 is 0 Å². The first kappa shape index (κ1) is 18.9. The third-order valence-electron chi connectivity index (χ3n) is 4.01. The molecule has 0 aliphatic rings. The average Bonchev–Trinajstić information content (AvgIpc) is 2.57. The minimum absolute atomic E-state index is 0.125. The van der Waals surface area contributed by atoms with Gasteiger partial charge in [-0.3, -0.25) is 19.8 Å². The van der Waals surface area contributed by atoms with Crippen molar-refractivity contribution in [2.24, 2.45) is 0 Å². The second-order valence-corrected chi connectivity index (χ2v) is 6.39. The number of nitro benzene ring substituents is 1. The minimum Gasteiger partial charge on any atom is -0.323 e. The molecule has 2 rings (SSSR count). The standard InChI is InChI=1S/C18H20ClN3O3/c1-12-4-6-14(7-5-12)11-21(3)13(2)18(23)20-17-10-15(22(24)25)8-9-16(17)19/h4-10,13H,11H2,1-3H3,(H,20,23). The highest BCUT2D eigenvalue weighted by molar-refractivity contribution is 6.33. The lowest BCUT2D eigenvalue weighted by Crippen LogP contribution is -2.39. The first-order valence-corrected chi connectivity index (χ1v) is 8.16. The van der Waals surface area contributed by atoms with Crippen molar-refractivity contribution in [3.05, 3.63) is 68.7 Å². The Kier molecular flexibility index (Phi) is 6.12. The fourth-order valence-corrected chi connectivity index (χ4v) is 2.44. The van der Waals surface area contributed by atoms with Crippen molar-refractivity contribution in [2.75, 3.05) is 12.4 Å². The predicted molar refractivity (Wildman–Crippen MR) is 98.8 cm³/mol. The van der Waals surface area contributed by atoms with Crippen LogP contribution in [-0.2, 0) is 11.3 Å². The predicted octanol–water partition coefficient (Wildman–Crippen LogP) is 4.02. The zero-order valence-electron chi connectivity index (χ0n) is 14.3. The van der Waals surface area contributed by atoms with E-state index in [1.807, 2.05) is 43.1 Å². The lowest BCUT2D eigenvalue weighted by atomic mass is 10.1. The van der Waals surface area contributed by atoms with E-state index in [1.54, 1.807) is 6.92 Å². The van der Waals surface area contributed by atoms with Crippen LogP contribution < -0.4 is 5.32 Å². The number of nitrogens with zero attached hydrogens (tertiary/aromatic N) is 2. The summed E-state index contributed by atoms with van der Waals surface area (Å²) in [4.78, 5) is 24.7. The summed E-state index contributed by atoms with van der Waals surface area (Å²) in [6.45, 7) is 4.40. The van der Waals surface area contributed by atoms with Gasteiger partial charge in [0.2, 0.25) is 5.91 Å². The lowest BCUT2D eigenvalue weighted by molar-refractivity contribution is -0.384. The molecule has 6 nitrogen and oxygen atoms in total. The van der Waals surface area contributed by atoms with Crippen LogP contribution in [0.5, 0.6) is 0 Å². The second-order valence-electron chi connectivity index (χ2n) is 5.99. The monoisotopic (exact) mass is 361 g/mol. The Bertz CT molecular complexity index is 778. The molecule has 1 atom stereocenters. The molecule has 0 aliphatic heterocycles. The van der Waals surface area contributed by atoms with Crippen molar-refractivity contribution in [1.29, 1.82) is 0 Å². The van der Waals surface area contributed by atoms with E-state index in [-0.39, 0.29) is 22.3 Å². The van der Waals surface area contributed by atoms with Gasteiger partial charge in [0.25, 0.3) is 5.69 Å². The summed E-state index contributed by atoms with van der Waals surface area (Å²) in [5, 5.41) is 13.8. The largest absolute Gasteiger partial charge is 0.323 e. The van der Waals surface area contributed by atoms with Crippen molar-refractivity contribution >= 4 is 28.9 Å². The van der Waals surface area contributed by atoms with Crippen LogP contribution in [0.3, 0.4) is 0 Å². The Morgan fingerprint density at radius 2 is 1.92 bits per heavy atom. The number of nitrogens with one attached hydrogen (secondary N) is 1. The number of non-ortho nitro benzene ring substituents is 1. The Hall–Kier alpha value is -2.44. The molecule has 0 bridgehead atoms. The number of hydrogen-bond donors (Lipinski definition) is 1. The van der Waals surface area contributed by atoms with Gasteiger partial charge in [-0.15, -0.1) is 0 Å². The number of anilines is 1. The second kappa shape index (κ2) is 8.09. The molecular weight excluding hydrogens is 342 g/mol. The molecule has 0 radical (unpaired) electrons. The molecule has 0 fully saturated rings. The number of benzene rings is 2. The van der Waals surface area contributed by atoms with Crippen LogP contribution in [0.2, 0.25) is 5.02 Å². The third kappa shape index (κ3) is 5.01. The summed E-state index contributed by atoms with van der Waals surface area (Å²) < 4.78 is 0. The Morgan fingerprint density at radius 1 is 1.28 bits per heavy atom. The van der Waals surface area contributed by atoms with E-state index in [9.17, 15) is 14.9 Å². The number of likely N-dealkylation sites (N-methyl/N-ethyl adjacent to an activating group) is 1. The molecule has 7 heteroatoms. The van der Waals surface area contributed by atoms with E-state index in [0.717, 1.165) is 5.56 Å². The first-order chi connectivity index (χ1) is 11.8. The van der Waals surface area contributed by atoms with Crippen LogP contribution in [-0.4, -0.2) is 28.8 Å². The number of amides is 1. The molecular formula is C18H20ClN3O3. The minimum atomic E-state index is -0.529. The Morgan fingerprint density at radius 3 is 2.52 bits per heavy atom. The van der Waals surface area contributed by atoms with Crippen molar-refractivity contribution in [3.63, 3.8) is 0 Å². The van der Waals surface area contributed by atoms with E-state index in [1.165, 1.54) is 23.8 Å². The van der Waals surface area contributed by atoms with E-state index in [0.29, 0.717) is 6.54 Å². The number of carbonyl (C=O) groups is 1. The number of carbonyl (C=O) groups excluding carboxylic acids is 1. The van der Waals surface area contributed by atoms with Crippen molar-refractivity contribution in [1.82, 2.24) is 4.90 Å². The van der Waals surface area contributed by atoms with Crippen molar-refractivity contribution < 1.29 is 9.72 Å². The van der Waals surface area contributed by atoms with Crippen LogP contribution in [0.15, 0.2) is 42.5 Å². The Labute approximate surface area is 151 Å². The SMILES string of the molecule is Cc1ccc(CN(C)C(C)C(=O)Nc2cc([N+](=O)[O-])ccc2Cl)cc1. The lowest BCUT2D eigenvalue weighted by Gasteiger charge is -2.24. The average molecular weight is 362 g/mol. The summed E-state index contributed by atoms with van der Waals surface area (Å²) in [6, 6.07) is 11.6. The van der Waals surface area contributed by atoms with Crippen LogP contribution in [0.25, 0.3) is 0 Å². The van der Waals surface area contributed by atoms with E-state index in [2.05, 4.69) is 5.32 Å². The molecule has 2 aromatic rings. The first-order valence-electron chi connectivity index (χ1n) is 7.78. The number of rotatable bonds is 6. The van der Waals surface area contributed by atoms with Gasteiger partial charge in [0.15, 0.2) is 0 Å². The molecule has 132 valence electrons. The summed E-state index contributed by atoms with van der Waals surface area (Å²) >= 11 is 6.02. The van der Waals surface area contributed by atoms with Crippen LogP contribution in [0.1, 0.15) is 18.1 Å². The molecule has 2 aromatic carbocycles. The third-order valence-corrected chi connectivity index (χ3v) is 4.34. The molecule has 0 aliphatic carbocycles. The molecule has 0 saturated carbocycles. The summed E-state index contributed by atoms with van der Waals surface area (Å²) in [6.07, 6.45) is 0. The van der Waals surface area contributed by atoms with Gasteiger partial charge >= 0.3 is 0 Å². The van der Waals surface area contributed by atoms with E-state index in [4.69, 9.17) is 11.6 Å². The molecule has 0 heterocycles. The van der Waals surface area contributed by atoms with Crippen LogP contribution >= 0.6 is 11.6 Å². The quantitative estimate of drug-likeness (QED) is 0.623. The highest BCUT2D eigenvalue weighted by Gasteiger charge is 2.20. The topological polar surface area (TPSA) is 75.5 Å². The van der Waals surface area contributed by atoms with Crippen molar-refractivity contribution in [2.45, 2.75) is 26.4 Å². The summed E-state index contributed by atoms with van der Waals surface area (Å²) in [5.74, 6) is -0.281. The van der Waals surface area contributed by atoms with Gasteiger partial charge in [-0.2, -0.15) is 0 Å². The van der Waals surface area contributed by atoms with E-state index < -0.39 is 11.0 Å². The normalized spacial score (nSPS) is 12.0. The summed E-state index contributed by atoms with van der Waals surface area (Å²) in [5.41, 5.74) is 2.38. The maximum atomic E-state index is 12.5. The molecule has 0 saturated heterocycles. The van der Waals surface area contributed by atoms with Gasteiger partial charge < -0.3 is 5.32 Å². The fourth-order valence-electron chi connectivity index (χ4n) is 2.28. The van der Waals surface area contributed by atoms with Gasteiger partial charge in [-0.1, -0.05) is 41.4 Å². The number of hydrogen-bond acceptors (Lipinski definition) is 4. The molecule has 1 N–H and O–H groups in total. The Balaban J connectivity index is 2.05. The van der Waals surface area contributed by atoms with Gasteiger partial charge in [0.1, 0.15) is 0 Å². The molecule has 0 aromatic heterocycles. The van der Waals surface area contributed by atoms with Gasteiger partial charge in [0.05, 0.1) is 21.7 Å². The van der Waals surface area contributed by atoms with Gasteiger partial charge in [0, 0.05) is 18.7 Å². The number of halogens is 1. The highest BCUT2D eigenvalue weighted by atomic mass is 35.5. The fraction of sp³-hybridized carbons (Fsp3) is 0.278. The number of nitro groups is 1. The van der Waals surface area contributed by atoms with Crippen molar-refractivity contribution in [3.8, 4) is 0 Å². The highest BCUT2D eigenvalue weighted by Crippen LogP contribution is 2.27. The van der Waals surface area contributed by atoms with Gasteiger partial charge in [-0.05, 0) is 32.5 Å². The summed E-state index contributed by atoms with van der Waals surface area (Å²) in [7, 11) is 1.85. The maximum Gasteiger partial charge on any atom is 0.271 e. The van der Waals surface area contributed by atoms with Gasteiger partial charge in [-0.25, -0.2) is 0 Å². The smallest absolute Gasteiger partial charge is 0.271 e. The maximum absolute atomic E-state index is 12.5. The molecule has 1 unspecified atom stereocenters. The molecule has 0 spiro atoms. The van der Waals surface area contributed by atoms with Crippen LogP contribution in [0.4, 0.5) is 11.4 Å². The number of aryl methyl sites for hydroxylation is 1. The zero-order chi connectivity index (χ0) is 18.6. The molecule has 25 heavy (non-hydrogen) atoms. The molecule has 1 amide bonds.